The number of ether oxygens (including phenoxy) is 1. The lowest BCUT2D eigenvalue weighted by Crippen LogP contribution is -2.41. The summed E-state index contributed by atoms with van der Waals surface area (Å²) in [6, 6.07) is 13.0. The van der Waals surface area contributed by atoms with Crippen molar-refractivity contribution in [1.82, 2.24) is 5.32 Å². The van der Waals surface area contributed by atoms with Crippen molar-refractivity contribution in [3.63, 3.8) is 0 Å². The van der Waals surface area contributed by atoms with Crippen LogP contribution in [0.2, 0.25) is 5.02 Å². The van der Waals surface area contributed by atoms with E-state index in [9.17, 15) is 4.79 Å². The van der Waals surface area contributed by atoms with Crippen LogP contribution in [0, 0.1) is 0 Å². The van der Waals surface area contributed by atoms with Crippen LogP contribution in [0.4, 0.5) is 11.4 Å². The Morgan fingerprint density at radius 3 is 2.84 bits per heavy atom. The molecule has 0 saturated carbocycles. The summed E-state index contributed by atoms with van der Waals surface area (Å²) < 4.78 is 5.57. The van der Waals surface area contributed by atoms with Gasteiger partial charge < -0.3 is 20.7 Å². The molecule has 0 saturated heterocycles. The zero-order chi connectivity index (χ0) is 17.6. The second kappa shape index (κ2) is 8.12. The quantitative estimate of drug-likeness (QED) is 0.614. The monoisotopic (exact) mass is 359 g/mol. The van der Waals surface area contributed by atoms with Crippen LogP contribution in [0.5, 0.6) is 5.75 Å². The number of amides is 1. The van der Waals surface area contributed by atoms with Gasteiger partial charge in [0.2, 0.25) is 5.91 Å². The van der Waals surface area contributed by atoms with Gasteiger partial charge in [0.15, 0.2) is 0 Å². The molecule has 132 valence electrons. The van der Waals surface area contributed by atoms with Crippen LogP contribution in [-0.2, 0) is 11.2 Å². The number of rotatable bonds is 6. The van der Waals surface area contributed by atoms with Crippen molar-refractivity contribution in [3.8, 4) is 5.75 Å². The van der Waals surface area contributed by atoms with E-state index in [1.807, 2.05) is 18.2 Å². The summed E-state index contributed by atoms with van der Waals surface area (Å²) in [4.78, 5) is 14.3. The van der Waals surface area contributed by atoms with Crippen molar-refractivity contribution < 1.29 is 9.53 Å². The van der Waals surface area contributed by atoms with Crippen molar-refractivity contribution in [3.05, 3.63) is 53.1 Å². The molecule has 0 atom stereocenters. The maximum Gasteiger partial charge on any atom is 0.239 e. The number of anilines is 2. The molecule has 0 aromatic heterocycles. The third kappa shape index (κ3) is 4.57. The van der Waals surface area contributed by atoms with Crippen LogP contribution < -0.4 is 20.7 Å². The Hall–Kier alpha value is -2.40. The van der Waals surface area contributed by atoms with Crippen molar-refractivity contribution in [1.29, 1.82) is 0 Å². The highest BCUT2D eigenvalue weighted by Crippen LogP contribution is 2.30. The molecule has 6 heteroatoms. The lowest BCUT2D eigenvalue weighted by Gasteiger charge is -2.31. The van der Waals surface area contributed by atoms with Gasteiger partial charge in [0.1, 0.15) is 12.4 Å². The average Bonchev–Trinajstić information content (AvgIpc) is 2.61. The van der Waals surface area contributed by atoms with E-state index in [2.05, 4.69) is 10.2 Å². The second-order valence-corrected chi connectivity index (χ2v) is 6.46. The van der Waals surface area contributed by atoms with Gasteiger partial charge in [-0.3, -0.25) is 4.79 Å². The van der Waals surface area contributed by atoms with Crippen molar-refractivity contribution in [2.24, 2.45) is 0 Å². The highest BCUT2D eigenvalue weighted by atomic mass is 35.5. The second-order valence-electron chi connectivity index (χ2n) is 6.02. The number of carbonyl (C=O) groups is 1. The van der Waals surface area contributed by atoms with Gasteiger partial charge >= 0.3 is 0 Å². The Bertz CT molecular complexity index is 734. The molecular formula is C19H22ClN3O2. The number of nitrogens with two attached hydrogens (primary N) is 1. The fraction of sp³-hybridized carbons (Fsp3) is 0.316. The largest absolute Gasteiger partial charge is 0.492 e. The zero-order valence-electron chi connectivity index (χ0n) is 14.0. The van der Waals surface area contributed by atoms with E-state index >= 15 is 0 Å². The molecular weight excluding hydrogens is 338 g/mol. The molecule has 0 unspecified atom stereocenters. The zero-order valence-corrected chi connectivity index (χ0v) is 14.8. The minimum absolute atomic E-state index is 0.0185. The standard InChI is InChI=1S/C19H22ClN3O2/c20-14-6-8-15(9-7-14)25-12-10-22-19(24)13-23-11-2-3-16-17(21)4-1-5-18(16)23/h1,4-9H,2-3,10-13,21H2,(H,22,24). The van der Waals surface area contributed by atoms with E-state index in [0.717, 1.165) is 42.1 Å². The number of fused-ring (bicyclic) bond motifs is 1. The maximum atomic E-state index is 12.2. The van der Waals surface area contributed by atoms with Crippen LogP contribution in [0.15, 0.2) is 42.5 Å². The molecule has 0 aliphatic carbocycles. The predicted octanol–water partition coefficient (Wildman–Crippen LogP) is 2.87. The molecule has 2 aromatic carbocycles. The Kier molecular flexibility index (Phi) is 5.66. The van der Waals surface area contributed by atoms with E-state index in [1.54, 1.807) is 24.3 Å². The van der Waals surface area contributed by atoms with Gasteiger partial charge in [-0.2, -0.15) is 0 Å². The first kappa shape index (κ1) is 17.4. The summed E-state index contributed by atoms with van der Waals surface area (Å²) in [5.41, 5.74) is 9.06. The Morgan fingerprint density at radius 1 is 1.24 bits per heavy atom. The maximum absolute atomic E-state index is 12.2. The minimum atomic E-state index is -0.0185. The van der Waals surface area contributed by atoms with Gasteiger partial charge in [0, 0.05) is 22.9 Å². The van der Waals surface area contributed by atoms with Gasteiger partial charge in [-0.25, -0.2) is 0 Å². The normalized spacial score (nSPS) is 13.2. The summed E-state index contributed by atoms with van der Waals surface area (Å²) in [5.74, 6) is 0.717. The Morgan fingerprint density at radius 2 is 2.04 bits per heavy atom. The smallest absolute Gasteiger partial charge is 0.239 e. The molecule has 3 N–H and O–H groups in total. The fourth-order valence-electron chi connectivity index (χ4n) is 3.01. The highest BCUT2D eigenvalue weighted by molar-refractivity contribution is 6.30. The van der Waals surface area contributed by atoms with Crippen LogP contribution in [0.25, 0.3) is 0 Å². The van der Waals surface area contributed by atoms with Crippen LogP contribution >= 0.6 is 11.6 Å². The summed E-state index contributed by atoms with van der Waals surface area (Å²) in [6.07, 6.45) is 1.98. The lowest BCUT2D eigenvalue weighted by molar-refractivity contribution is -0.119. The summed E-state index contributed by atoms with van der Waals surface area (Å²) in [7, 11) is 0. The molecule has 1 aliphatic rings. The molecule has 0 bridgehead atoms. The van der Waals surface area contributed by atoms with Crippen LogP contribution in [-0.4, -0.2) is 32.1 Å². The first-order valence-electron chi connectivity index (χ1n) is 8.41. The number of benzene rings is 2. The number of carbonyl (C=O) groups excluding carboxylic acids is 1. The first-order valence-corrected chi connectivity index (χ1v) is 8.78. The summed E-state index contributed by atoms with van der Waals surface area (Å²) in [6.45, 7) is 2.07. The third-order valence-corrected chi connectivity index (χ3v) is 4.48. The third-order valence-electron chi connectivity index (χ3n) is 4.22. The van der Waals surface area contributed by atoms with Crippen LogP contribution in [0.3, 0.4) is 0 Å². The molecule has 25 heavy (non-hydrogen) atoms. The molecule has 2 aromatic rings. The molecule has 3 rings (SSSR count). The molecule has 0 spiro atoms. The van der Waals surface area contributed by atoms with E-state index < -0.39 is 0 Å². The Balaban J connectivity index is 1.46. The first-order chi connectivity index (χ1) is 12.1. The number of hydrogen-bond acceptors (Lipinski definition) is 4. The SMILES string of the molecule is Nc1cccc2c1CCCN2CC(=O)NCCOc1ccc(Cl)cc1. The average molecular weight is 360 g/mol. The molecule has 5 nitrogen and oxygen atoms in total. The number of hydrogen-bond donors (Lipinski definition) is 2. The van der Waals surface area contributed by atoms with E-state index in [0.29, 0.717) is 24.7 Å². The number of nitrogens with one attached hydrogen (secondary N) is 1. The topological polar surface area (TPSA) is 67.6 Å². The van der Waals surface area contributed by atoms with Crippen molar-refractivity contribution in [2.45, 2.75) is 12.8 Å². The van der Waals surface area contributed by atoms with E-state index in [-0.39, 0.29) is 5.91 Å². The summed E-state index contributed by atoms with van der Waals surface area (Å²) >= 11 is 5.83. The number of nitrogen functional groups attached to an aromatic ring is 1. The van der Waals surface area contributed by atoms with Gasteiger partial charge in [-0.15, -0.1) is 0 Å². The van der Waals surface area contributed by atoms with Gasteiger partial charge in [-0.05, 0) is 54.8 Å². The molecule has 0 fully saturated rings. The number of halogens is 1. The fourth-order valence-corrected chi connectivity index (χ4v) is 3.14. The Labute approximate surface area is 152 Å². The number of nitrogens with zero attached hydrogens (tertiary/aromatic N) is 1. The van der Waals surface area contributed by atoms with Crippen molar-refractivity contribution >= 4 is 28.9 Å². The van der Waals surface area contributed by atoms with E-state index in [1.165, 1.54) is 0 Å². The molecule has 1 heterocycles. The van der Waals surface area contributed by atoms with Gasteiger partial charge in [0.25, 0.3) is 0 Å². The molecule has 1 aliphatic heterocycles. The van der Waals surface area contributed by atoms with Gasteiger partial charge in [-0.1, -0.05) is 17.7 Å². The lowest BCUT2D eigenvalue weighted by atomic mass is 10.00. The molecule has 0 radical (unpaired) electrons. The highest BCUT2D eigenvalue weighted by Gasteiger charge is 2.20. The summed E-state index contributed by atoms with van der Waals surface area (Å²) in [5, 5.41) is 3.56. The minimum Gasteiger partial charge on any atom is -0.492 e. The van der Waals surface area contributed by atoms with Crippen molar-refractivity contribution in [2.75, 3.05) is 36.9 Å². The van der Waals surface area contributed by atoms with E-state index in [4.69, 9.17) is 22.1 Å². The predicted molar refractivity (Wildman–Crippen MR) is 101 cm³/mol. The molecule has 1 amide bonds. The van der Waals surface area contributed by atoms with Crippen LogP contribution in [0.1, 0.15) is 12.0 Å². The van der Waals surface area contributed by atoms with Gasteiger partial charge in [0.05, 0.1) is 13.1 Å².